The number of methoxy groups -OCH3 is 2. The van der Waals surface area contributed by atoms with Crippen molar-refractivity contribution in [1.29, 1.82) is 0 Å². The number of nitrogens with zero attached hydrogens (tertiary/aromatic N) is 7. The van der Waals surface area contributed by atoms with Gasteiger partial charge in [-0.25, -0.2) is 25.9 Å². The van der Waals surface area contributed by atoms with Gasteiger partial charge in [-0.3, -0.25) is 29.3 Å². The van der Waals surface area contributed by atoms with Crippen LogP contribution in [0, 0.1) is 12.5 Å². The number of imidazole rings is 2. The number of H-pyrrole nitrogens is 1. The van der Waals surface area contributed by atoms with Crippen LogP contribution < -0.4 is 26.1 Å². The Morgan fingerprint density at radius 3 is 2.25 bits per heavy atom. The number of pyridine rings is 1. The van der Waals surface area contributed by atoms with Gasteiger partial charge in [0.15, 0.2) is 35.3 Å². The highest BCUT2D eigenvalue weighted by Gasteiger charge is 2.52. The Balaban J connectivity index is 1.08. The van der Waals surface area contributed by atoms with E-state index in [-0.39, 0.29) is 55.6 Å². The zero-order chi connectivity index (χ0) is 53.4. The van der Waals surface area contributed by atoms with Gasteiger partial charge in [0, 0.05) is 23.2 Å². The third-order valence-electron chi connectivity index (χ3n) is 11.9. The molecule has 392 valence electrons. The highest BCUT2D eigenvalue weighted by molar-refractivity contribution is 8.07. The van der Waals surface area contributed by atoms with Crippen molar-refractivity contribution in [2.75, 3.05) is 45.9 Å². The molecule has 0 radical (unpaired) electrons. The molecule has 6 atom stereocenters. The molecule has 4 aromatic heterocycles. The summed E-state index contributed by atoms with van der Waals surface area (Å²) in [7, 11) is -0.256. The standard InChI is InChI=1S/C48H49FN10O13P2S/c1-28(2)44(61)56-47-55-43-39(45(62)57-47)53-27-59(43)46-40(72-73(63)64)38(49)36(71-46)25-70-74(75,68-21-19-51-3)69-22-20-58-37(54-35-23-29(41(50)60)24-52-42(35)58)26-67-48(30-9-7-6-8-10-30,31-11-15-33(65-4)16-12-31)32-13-17-34(66-5)18-14-32/h6-18,23-24,27-28,36,38,40,46H,19-22,25-26H2,1-2,4-5H3,(H4-,50,55,56,57,60,61,62,63,64)/p+1/t36-,38-,40-,46-,74?/m1/s1. The largest absolute Gasteiger partial charge is 0.695 e. The average molecular weight is 1090 g/mol. The summed E-state index contributed by atoms with van der Waals surface area (Å²) in [5.41, 5.74) is 6.26. The number of anilines is 1. The Bertz CT molecular complexity index is 3290. The monoisotopic (exact) mass is 1090 g/mol. The number of amides is 2. The van der Waals surface area contributed by atoms with E-state index in [9.17, 15) is 23.8 Å². The Morgan fingerprint density at radius 2 is 1.64 bits per heavy atom. The maximum Gasteiger partial charge on any atom is 0.695 e. The van der Waals surface area contributed by atoms with E-state index in [0.717, 1.165) is 27.6 Å². The number of rotatable bonds is 24. The van der Waals surface area contributed by atoms with Crippen LogP contribution >= 0.6 is 15.0 Å². The summed E-state index contributed by atoms with van der Waals surface area (Å²) in [6.07, 6.45) is -4.64. The van der Waals surface area contributed by atoms with Gasteiger partial charge in [0.25, 0.3) is 5.56 Å². The lowest BCUT2D eigenvalue weighted by Crippen LogP contribution is -2.33. The fraction of sp³-hybridized carbons (Fsp3) is 0.333. The lowest BCUT2D eigenvalue weighted by Gasteiger charge is -2.36. The van der Waals surface area contributed by atoms with E-state index in [1.807, 2.05) is 78.9 Å². The van der Waals surface area contributed by atoms with Crippen molar-refractivity contribution >= 4 is 66.9 Å². The SMILES string of the molecule is [C-]#[N+]CCOP(=S)(OCCn1c(COC(c2ccccc2)(c2ccc(OC)cc2)c2ccc(OC)cc2)nc2cc(C(N)=O)cnc21)OC[C@H]1O[C@@H](n2cnc3c(=O)[nH]c(NC(=O)C(C)C)nc32)[C@H](O[P+](=O)O)[C@@H]1F. The molecule has 2 amide bonds. The fourth-order valence-electron chi connectivity index (χ4n) is 8.21. The van der Waals surface area contributed by atoms with E-state index >= 15 is 4.39 Å². The first-order valence-corrected chi connectivity index (χ1v) is 26.7. The lowest BCUT2D eigenvalue weighted by atomic mass is 9.80. The van der Waals surface area contributed by atoms with E-state index in [4.69, 9.17) is 66.1 Å². The number of carbonyl (C=O) groups is 2. The summed E-state index contributed by atoms with van der Waals surface area (Å²) in [5, 5.41) is 2.49. The highest BCUT2D eigenvalue weighted by atomic mass is 32.5. The van der Waals surface area contributed by atoms with Crippen LogP contribution in [0.25, 0.3) is 27.2 Å². The molecule has 75 heavy (non-hydrogen) atoms. The van der Waals surface area contributed by atoms with Crippen molar-refractivity contribution in [1.82, 2.24) is 34.1 Å². The Kier molecular flexibility index (Phi) is 17.2. The number of benzene rings is 3. The van der Waals surface area contributed by atoms with Crippen LogP contribution in [-0.2, 0) is 67.5 Å². The normalized spacial score (nSPS) is 17.7. The van der Waals surface area contributed by atoms with Crippen molar-refractivity contribution < 1.29 is 60.5 Å². The van der Waals surface area contributed by atoms with Gasteiger partial charge in [-0.15, -0.1) is 9.42 Å². The number of ether oxygens (including phenoxy) is 4. The molecule has 1 saturated heterocycles. The van der Waals surface area contributed by atoms with Crippen molar-refractivity contribution in [3.05, 3.63) is 147 Å². The number of alkyl halides is 1. The average Bonchev–Trinajstić information content (AvgIpc) is 4.08. The number of nitrogens with one attached hydrogen (secondary N) is 2. The smallest absolute Gasteiger partial charge is 0.497 e. The number of hydrogen-bond acceptors (Lipinski definition) is 17. The van der Waals surface area contributed by atoms with Crippen LogP contribution in [0.3, 0.4) is 0 Å². The van der Waals surface area contributed by atoms with Gasteiger partial charge in [-0.1, -0.05) is 68.4 Å². The minimum Gasteiger partial charge on any atom is -0.497 e. The Hall–Kier alpha value is -6.94. The van der Waals surface area contributed by atoms with Gasteiger partial charge >= 0.3 is 15.0 Å². The number of carbonyl (C=O) groups excluding carboxylic acids is 2. The Morgan fingerprint density at radius 1 is 0.987 bits per heavy atom. The van der Waals surface area contributed by atoms with Gasteiger partial charge < -0.3 is 47.7 Å². The lowest BCUT2D eigenvalue weighted by molar-refractivity contribution is -0.118. The van der Waals surface area contributed by atoms with Crippen LogP contribution in [0.2, 0.25) is 0 Å². The molecule has 1 fully saturated rings. The van der Waals surface area contributed by atoms with E-state index < -0.39 is 75.1 Å². The number of halogens is 1. The minimum absolute atomic E-state index is 0.0257. The molecule has 23 nitrogen and oxygen atoms in total. The van der Waals surface area contributed by atoms with Crippen molar-refractivity contribution in [3.63, 3.8) is 0 Å². The molecule has 0 spiro atoms. The molecule has 5 N–H and O–H groups in total. The quantitative estimate of drug-likeness (QED) is 0.0225. The maximum atomic E-state index is 16.5. The molecular formula is C48H50FN10O13P2S+. The number of fused-ring (bicyclic) bond motifs is 2. The Labute approximate surface area is 433 Å². The summed E-state index contributed by atoms with van der Waals surface area (Å²) in [6.45, 7) is 5.23. The van der Waals surface area contributed by atoms with Gasteiger partial charge in [-0.05, 0) is 58.8 Å². The fourth-order valence-corrected chi connectivity index (χ4v) is 10.4. The van der Waals surface area contributed by atoms with E-state index in [1.165, 1.54) is 12.3 Å². The van der Waals surface area contributed by atoms with Gasteiger partial charge in [0.2, 0.25) is 24.3 Å². The summed E-state index contributed by atoms with van der Waals surface area (Å²) < 4.78 is 78.8. The van der Waals surface area contributed by atoms with Crippen LogP contribution in [-0.4, -0.2) is 110 Å². The van der Waals surface area contributed by atoms with Crippen LogP contribution in [0.15, 0.2) is 102 Å². The van der Waals surface area contributed by atoms with E-state index in [0.29, 0.717) is 28.5 Å². The molecule has 1 aliphatic heterocycles. The third kappa shape index (κ3) is 12.0. The van der Waals surface area contributed by atoms with Crippen LogP contribution in [0.1, 0.15) is 52.9 Å². The molecule has 0 aliphatic carbocycles. The van der Waals surface area contributed by atoms with Crippen molar-refractivity contribution in [2.45, 2.75) is 57.2 Å². The topological polar surface area (TPSA) is 282 Å². The number of nitrogens with two attached hydrogens (primary N) is 1. The second-order valence-corrected chi connectivity index (χ2v) is 20.6. The first-order valence-electron chi connectivity index (χ1n) is 23.0. The zero-order valence-corrected chi connectivity index (χ0v) is 43.2. The zero-order valence-electron chi connectivity index (χ0n) is 40.6. The molecule has 0 bridgehead atoms. The number of aromatic amines is 1. The maximum absolute atomic E-state index is 16.5. The molecule has 0 saturated carbocycles. The first kappa shape index (κ1) is 54.3. The predicted molar refractivity (Wildman–Crippen MR) is 272 cm³/mol. The third-order valence-corrected chi connectivity index (χ3v) is 14.7. The molecule has 7 aromatic rings. The molecule has 2 unspecified atom stereocenters. The molecular weight excluding hydrogens is 1040 g/mol. The van der Waals surface area contributed by atoms with E-state index in [1.54, 1.807) is 32.6 Å². The van der Waals surface area contributed by atoms with Gasteiger partial charge in [0.05, 0.1) is 39.3 Å². The first-order chi connectivity index (χ1) is 36.1. The van der Waals surface area contributed by atoms with Gasteiger partial charge in [0.1, 0.15) is 47.8 Å². The second kappa shape index (κ2) is 23.7. The molecule has 1 aliphatic rings. The summed E-state index contributed by atoms with van der Waals surface area (Å²) in [6, 6.07) is 26.0. The predicted octanol–water partition coefficient (Wildman–Crippen LogP) is 6.25. The second-order valence-electron chi connectivity index (χ2n) is 16.9. The number of aromatic nitrogens is 7. The molecule has 8 rings (SSSR count). The molecule has 27 heteroatoms. The van der Waals surface area contributed by atoms with Crippen molar-refractivity contribution in [2.24, 2.45) is 11.7 Å². The number of primary amides is 1. The van der Waals surface area contributed by atoms with Crippen molar-refractivity contribution in [3.8, 4) is 11.5 Å². The highest BCUT2D eigenvalue weighted by Crippen LogP contribution is 2.51. The van der Waals surface area contributed by atoms with Gasteiger partial charge in [-0.2, -0.15) is 4.98 Å². The minimum atomic E-state index is -3.91. The van der Waals surface area contributed by atoms with Crippen LogP contribution in [0.5, 0.6) is 11.5 Å². The summed E-state index contributed by atoms with van der Waals surface area (Å²) in [5.74, 6) is -0.304. The van der Waals surface area contributed by atoms with E-state index in [2.05, 4.69) is 30.1 Å². The summed E-state index contributed by atoms with van der Waals surface area (Å²) in [4.78, 5) is 71.1. The molecule has 3 aromatic carbocycles. The van der Waals surface area contributed by atoms with Crippen LogP contribution in [0.4, 0.5) is 10.3 Å². The number of hydrogen-bond donors (Lipinski definition) is 4. The summed E-state index contributed by atoms with van der Waals surface area (Å²) >= 11 is 5.82. The molecule has 5 heterocycles.